The molecule has 1 fully saturated rings. The average Bonchev–Trinajstić information content (AvgIpc) is 2.68. The maximum absolute atomic E-state index is 11.8. The van der Waals surface area contributed by atoms with Crippen molar-refractivity contribution in [3.8, 4) is 0 Å². The van der Waals surface area contributed by atoms with Crippen LogP contribution in [0.25, 0.3) is 10.6 Å². The Morgan fingerprint density at radius 3 is 2.28 bits per heavy atom. The number of allylic oxidation sites excluding steroid dienone is 4. The van der Waals surface area contributed by atoms with Crippen LogP contribution in [-0.4, -0.2) is 48.6 Å². The standard InChI is InChI=1S/C23H34N2O4/c1-15(2)11-23(28)29-18-8-5-16(6-9-18)12-19(24-3)20(25-4)13-17-7-10-21(26)22(27)14-17/h11-14,16,18,21-22,26-27H,5-10H2,1-4H3/q-2. The molecule has 0 heterocycles. The summed E-state index contributed by atoms with van der Waals surface area (Å²) in [4.78, 5) is 11.8. The van der Waals surface area contributed by atoms with Gasteiger partial charge < -0.3 is 25.6 Å². The van der Waals surface area contributed by atoms with Gasteiger partial charge in [0.05, 0.1) is 12.2 Å². The van der Waals surface area contributed by atoms with Gasteiger partial charge in [-0.15, -0.1) is 14.1 Å². The molecule has 6 heteroatoms. The summed E-state index contributed by atoms with van der Waals surface area (Å²) in [7, 11) is 3.49. The quantitative estimate of drug-likeness (QED) is 0.378. The number of ether oxygens (including phenoxy) is 1. The largest absolute Gasteiger partial charge is 0.688 e. The molecule has 2 aliphatic carbocycles. The molecule has 0 spiro atoms. The smallest absolute Gasteiger partial charge is 0.330 e. The van der Waals surface area contributed by atoms with Crippen molar-refractivity contribution in [1.82, 2.24) is 0 Å². The SMILES string of the molecule is C[N-]C(=CC1=CC(O)C(O)CC1)C(=CC1CCC(OC(=O)C=C(C)C)CC1)[N-]C. The second kappa shape index (κ2) is 11.2. The Kier molecular flexibility index (Phi) is 8.99. The predicted molar refractivity (Wildman–Crippen MR) is 115 cm³/mol. The van der Waals surface area contributed by atoms with Crippen LogP contribution in [-0.2, 0) is 9.53 Å². The van der Waals surface area contributed by atoms with E-state index in [1.807, 2.05) is 19.9 Å². The fraction of sp³-hybridized carbons (Fsp3) is 0.609. The van der Waals surface area contributed by atoms with E-state index in [0.717, 1.165) is 48.2 Å². The molecule has 162 valence electrons. The minimum atomic E-state index is -0.830. The lowest BCUT2D eigenvalue weighted by Crippen LogP contribution is -2.27. The molecule has 2 atom stereocenters. The van der Waals surface area contributed by atoms with Gasteiger partial charge in [0.25, 0.3) is 0 Å². The first kappa shape index (κ1) is 23.2. The normalized spacial score (nSPS) is 28.3. The Hall–Kier alpha value is -2.05. The summed E-state index contributed by atoms with van der Waals surface area (Å²) in [6, 6.07) is 0. The highest BCUT2D eigenvalue weighted by atomic mass is 16.5. The molecule has 0 aliphatic heterocycles. The first-order valence-corrected chi connectivity index (χ1v) is 10.4. The van der Waals surface area contributed by atoms with Crippen LogP contribution in [0.5, 0.6) is 0 Å². The van der Waals surface area contributed by atoms with Crippen molar-refractivity contribution >= 4 is 5.97 Å². The van der Waals surface area contributed by atoms with Crippen LogP contribution in [0, 0.1) is 5.92 Å². The maximum Gasteiger partial charge on any atom is 0.330 e. The summed E-state index contributed by atoms with van der Waals surface area (Å²) in [5.74, 6) is 0.112. The summed E-state index contributed by atoms with van der Waals surface area (Å²) in [6.45, 7) is 3.77. The van der Waals surface area contributed by atoms with E-state index in [0.29, 0.717) is 18.8 Å². The van der Waals surface area contributed by atoms with E-state index in [9.17, 15) is 15.0 Å². The van der Waals surface area contributed by atoms with E-state index in [1.165, 1.54) is 6.08 Å². The summed E-state index contributed by atoms with van der Waals surface area (Å²) in [5, 5.41) is 28.3. The van der Waals surface area contributed by atoms with Crippen molar-refractivity contribution in [2.45, 2.75) is 70.7 Å². The molecular weight excluding hydrogens is 368 g/mol. The number of aliphatic hydroxyl groups is 2. The molecule has 0 aromatic rings. The zero-order valence-electron chi connectivity index (χ0n) is 18.0. The average molecular weight is 403 g/mol. The summed E-state index contributed by atoms with van der Waals surface area (Å²) < 4.78 is 5.53. The molecule has 2 unspecified atom stereocenters. The Morgan fingerprint density at radius 2 is 1.72 bits per heavy atom. The van der Waals surface area contributed by atoms with Crippen LogP contribution in [0.4, 0.5) is 0 Å². The molecule has 0 radical (unpaired) electrons. The van der Waals surface area contributed by atoms with Crippen LogP contribution in [0.3, 0.4) is 0 Å². The van der Waals surface area contributed by atoms with E-state index in [-0.39, 0.29) is 12.1 Å². The maximum atomic E-state index is 11.8. The summed E-state index contributed by atoms with van der Waals surface area (Å²) in [5.41, 5.74) is 3.52. The van der Waals surface area contributed by atoms with E-state index in [4.69, 9.17) is 4.74 Å². The van der Waals surface area contributed by atoms with Gasteiger partial charge in [0.1, 0.15) is 6.10 Å². The fourth-order valence-electron chi connectivity index (χ4n) is 3.75. The first-order valence-electron chi connectivity index (χ1n) is 10.4. The number of hydrogen-bond donors (Lipinski definition) is 2. The van der Waals surface area contributed by atoms with Crippen molar-refractivity contribution in [2.75, 3.05) is 14.1 Å². The predicted octanol–water partition coefficient (Wildman–Crippen LogP) is 4.27. The van der Waals surface area contributed by atoms with Gasteiger partial charge in [0.15, 0.2) is 0 Å². The number of rotatable bonds is 7. The summed E-state index contributed by atoms with van der Waals surface area (Å²) >= 11 is 0. The van der Waals surface area contributed by atoms with Gasteiger partial charge in [-0.05, 0) is 58.3 Å². The second-order valence-electron chi connectivity index (χ2n) is 8.06. The van der Waals surface area contributed by atoms with E-state index < -0.39 is 12.2 Å². The lowest BCUT2D eigenvalue weighted by atomic mass is 9.86. The molecule has 29 heavy (non-hydrogen) atoms. The lowest BCUT2D eigenvalue weighted by Gasteiger charge is -2.35. The number of likely N-dealkylation sites (N-methyl/N-ethyl adjacent to an activating group) is 2. The van der Waals surface area contributed by atoms with Gasteiger partial charge in [-0.3, -0.25) is 0 Å². The number of esters is 1. The van der Waals surface area contributed by atoms with Gasteiger partial charge in [-0.25, -0.2) is 4.79 Å². The molecule has 0 aromatic heterocycles. The third-order valence-corrected chi connectivity index (χ3v) is 5.38. The van der Waals surface area contributed by atoms with Crippen molar-refractivity contribution in [1.29, 1.82) is 0 Å². The second-order valence-corrected chi connectivity index (χ2v) is 8.06. The number of carbonyl (C=O) groups excluding carboxylic acids is 1. The topological polar surface area (TPSA) is 95.0 Å². The monoisotopic (exact) mass is 402 g/mol. The Bertz CT molecular complexity index is 681. The number of nitrogens with zero attached hydrogens (tertiary/aromatic N) is 2. The third kappa shape index (κ3) is 7.37. The zero-order valence-corrected chi connectivity index (χ0v) is 18.0. The van der Waals surface area contributed by atoms with Crippen LogP contribution >= 0.6 is 0 Å². The molecule has 0 aromatic carbocycles. The number of hydrogen-bond acceptors (Lipinski definition) is 4. The molecule has 2 N–H and O–H groups in total. The highest BCUT2D eigenvalue weighted by Gasteiger charge is 2.22. The van der Waals surface area contributed by atoms with E-state index in [2.05, 4.69) is 16.7 Å². The van der Waals surface area contributed by atoms with Gasteiger partial charge in [-0.1, -0.05) is 29.4 Å². The first-order chi connectivity index (χ1) is 13.8. The lowest BCUT2D eigenvalue weighted by molar-refractivity contribution is -0.144. The van der Waals surface area contributed by atoms with Crippen LogP contribution in [0.2, 0.25) is 0 Å². The summed E-state index contributed by atoms with van der Waals surface area (Å²) in [6.07, 6.45) is 10.6. The molecule has 2 rings (SSSR count). The molecule has 2 aliphatic rings. The highest BCUT2D eigenvalue weighted by molar-refractivity contribution is 5.82. The molecular formula is C23H34N2O4-2. The van der Waals surface area contributed by atoms with Gasteiger partial charge in [0, 0.05) is 6.08 Å². The van der Waals surface area contributed by atoms with Crippen molar-refractivity contribution < 1.29 is 19.7 Å². The number of aliphatic hydroxyl groups excluding tert-OH is 2. The Labute approximate surface area is 174 Å². The van der Waals surface area contributed by atoms with Gasteiger partial charge >= 0.3 is 5.97 Å². The van der Waals surface area contributed by atoms with E-state index in [1.54, 1.807) is 20.2 Å². The molecule has 0 bridgehead atoms. The zero-order chi connectivity index (χ0) is 21.4. The minimum absolute atomic E-state index is 0.0176. The van der Waals surface area contributed by atoms with Crippen molar-refractivity contribution in [3.63, 3.8) is 0 Å². The Morgan fingerprint density at radius 1 is 1.07 bits per heavy atom. The van der Waals surface area contributed by atoms with E-state index >= 15 is 0 Å². The number of carbonyl (C=O) groups is 1. The van der Waals surface area contributed by atoms with Gasteiger partial charge in [0.2, 0.25) is 0 Å². The molecule has 0 saturated heterocycles. The molecule has 0 amide bonds. The van der Waals surface area contributed by atoms with Crippen molar-refractivity contribution in [2.24, 2.45) is 5.92 Å². The third-order valence-electron chi connectivity index (χ3n) is 5.38. The molecule has 6 nitrogen and oxygen atoms in total. The Balaban J connectivity index is 2.00. The van der Waals surface area contributed by atoms with Gasteiger partial charge in [-0.2, -0.15) is 11.4 Å². The highest BCUT2D eigenvalue weighted by Crippen LogP contribution is 2.32. The van der Waals surface area contributed by atoms with Crippen molar-refractivity contribution in [3.05, 3.63) is 57.5 Å². The fourth-order valence-corrected chi connectivity index (χ4v) is 3.75. The van der Waals surface area contributed by atoms with Crippen LogP contribution in [0.1, 0.15) is 52.4 Å². The van der Waals surface area contributed by atoms with Crippen LogP contribution in [0.15, 0.2) is 46.8 Å². The minimum Gasteiger partial charge on any atom is -0.688 e. The van der Waals surface area contributed by atoms with Crippen LogP contribution < -0.4 is 0 Å². The molecule has 1 saturated carbocycles.